The molecule has 0 aromatic heterocycles. The van der Waals surface area contributed by atoms with Gasteiger partial charge < -0.3 is 15.0 Å². The van der Waals surface area contributed by atoms with Crippen molar-refractivity contribution in [2.24, 2.45) is 5.92 Å². The quantitative estimate of drug-likeness (QED) is 0.846. The fourth-order valence-electron chi connectivity index (χ4n) is 2.85. The molecule has 0 saturated carbocycles. The third kappa shape index (κ3) is 3.85. The Hall–Kier alpha value is -2.34. The number of amides is 2. The average Bonchev–Trinajstić information content (AvgIpc) is 2.99. The number of anilines is 2. The van der Waals surface area contributed by atoms with Gasteiger partial charge in [0.05, 0.1) is 18.7 Å². The second-order valence-electron chi connectivity index (χ2n) is 6.08. The fourth-order valence-corrected chi connectivity index (χ4v) is 3.44. The molecule has 1 fully saturated rings. The molecular weight excluding hydrogens is 384 g/mol. The van der Waals surface area contributed by atoms with E-state index in [0.717, 1.165) is 21.5 Å². The lowest BCUT2D eigenvalue weighted by molar-refractivity contribution is -0.122. The maximum absolute atomic E-state index is 12.5. The van der Waals surface area contributed by atoms with Gasteiger partial charge in [-0.1, -0.05) is 6.07 Å². The van der Waals surface area contributed by atoms with Gasteiger partial charge in [0.1, 0.15) is 5.75 Å². The monoisotopic (exact) mass is 402 g/mol. The topological polar surface area (TPSA) is 58.6 Å². The highest BCUT2D eigenvalue weighted by Crippen LogP contribution is 2.29. The standard InChI is InChI=1S/C19H19BrN2O3/c1-12-3-8-17(16(20)9-12)21-19(24)13-10-18(23)22(11-13)14-4-6-15(25-2)7-5-14/h3-9,13H,10-11H2,1-2H3,(H,21,24)/t13-/m0/s1. The predicted octanol–water partition coefficient (Wildman–Crippen LogP) is 3.76. The number of nitrogens with zero attached hydrogens (tertiary/aromatic N) is 1. The molecular formula is C19H19BrN2O3. The summed E-state index contributed by atoms with van der Waals surface area (Å²) in [5, 5.41) is 2.91. The molecule has 5 nitrogen and oxygen atoms in total. The van der Waals surface area contributed by atoms with Crippen LogP contribution in [-0.2, 0) is 9.59 Å². The van der Waals surface area contributed by atoms with Crippen molar-refractivity contribution >= 4 is 39.1 Å². The normalized spacial score (nSPS) is 16.8. The van der Waals surface area contributed by atoms with Crippen LogP contribution >= 0.6 is 15.9 Å². The number of carbonyl (C=O) groups is 2. The van der Waals surface area contributed by atoms with E-state index in [2.05, 4.69) is 21.2 Å². The van der Waals surface area contributed by atoms with Crippen LogP contribution in [0, 0.1) is 12.8 Å². The Morgan fingerprint density at radius 3 is 2.60 bits per heavy atom. The van der Waals surface area contributed by atoms with E-state index < -0.39 is 0 Å². The maximum atomic E-state index is 12.5. The fraction of sp³-hybridized carbons (Fsp3) is 0.263. The smallest absolute Gasteiger partial charge is 0.229 e. The summed E-state index contributed by atoms with van der Waals surface area (Å²) in [4.78, 5) is 26.5. The number of hydrogen-bond acceptors (Lipinski definition) is 3. The van der Waals surface area contributed by atoms with Crippen molar-refractivity contribution in [1.82, 2.24) is 0 Å². The van der Waals surface area contributed by atoms with E-state index in [0.29, 0.717) is 12.2 Å². The van der Waals surface area contributed by atoms with E-state index in [1.165, 1.54) is 0 Å². The molecule has 1 N–H and O–H groups in total. The number of halogens is 1. The summed E-state index contributed by atoms with van der Waals surface area (Å²) >= 11 is 3.45. The molecule has 0 bridgehead atoms. The van der Waals surface area contributed by atoms with Crippen molar-refractivity contribution in [2.45, 2.75) is 13.3 Å². The molecule has 1 aliphatic heterocycles. The molecule has 0 unspecified atom stereocenters. The summed E-state index contributed by atoms with van der Waals surface area (Å²) in [5.41, 5.74) is 2.59. The summed E-state index contributed by atoms with van der Waals surface area (Å²) in [6, 6.07) is 13.0. The Labute approximate surface area is 155 Å². The van der Waals surface area contributed by atoms with Gasteiger partial charge in [0.2, 0.25) is 11.8 Å². The molecule has 3 rings (SSSR count). The minimum atomic E-state index is -0.372. The van der Waals surface area contributed by atoms with Gasteiger partial charge >= 0.3 is 0 Å². The van der Waals surface area contributed by atoms with Crippen LogP contribution in [0.25, 0.3) is 0 Å². The number of ether oxygens (including phenoxy) is 1. The number of nitrogens with one attached hydrogen (secondary N) is 1. The van der Waals surface area contributed by atoms with Crippen LogP contribution in [0.2, 0.25) is 0 Å². The Morgan fingerprint density at radius 2 is 1.96 bits per heavy atom. The Morgan fingerprint density at radius 1 is 1.24 bits per heavy atom. The van der Waals surface area contributed by atoms with Gasteiger partial charge in [-0.2, -0.15) is 0 Å². The van der Waals surface area contributed by atoms with Crippen molar-refractivity contribution in [3.8, 4) is 5.75 Å². The molecule has 1 heterocycles. The lowest BCUT2D eigenvalue weighted by Crippen LogP contribution is -2.28. The summed E-state index contributed by atoms with van der Waals surface area (Å²) in [6.07, 6.45) is 0.210. The molecule has 0 radical (unpaired) electrons. The highest BCUT2D eigenvalue weighted by atomic mass is 79.9. The van der Waals surface area contributed by atoms with E-state index in [1.54, 1.807) is 24.1 Å². The molecule has 6 heteroatoms. The van der Waals surface area contributed by atoms with Crippen molar-refractivity contribution in [3.05, 3.63) is 52.5 Å². The van der Waals surface area contributed by atoms with Gasteiger partial charge in [0.15, 0.2) is 0 Å². The van der Waals surface area contributed by atoms with Crippen molar-refractivity contribution in [2.75, 3.05) is 23.9 Å². The number of carbonyl (C=O) groups excluding carboxylic acids is 2. The van der Waals surface area contributed by atoms with Crippen molar-refractivity contribution in [3.63, 3.8) is 0 Å². The molecule has 2 aromatic rings. The van der Waals surface area contributed by atoms with Gasteiger partial charge in [-0.05, 0) is 64.8 Å². The van der Waals surface area contributed by atoms with E-state index in [9.17, 15) is 9.59 Å². The third-order valence-electron chi connectivity index (χ3n) is 4.26. The number of aryl methyl sites for hydroxylation is 1. The first-order chi connectivity index (χ1) is 12.0. The molecule has 1 saturated heterocycles. The minimum Gasteiger partial charge on any atom is -0.497 e. The average molecular weight is 403 g/mol. The molecule has 2 amide bonds. The zero-order chi connectivity index (χ0) is 18.0. The highest BCUT2D eigenvalue weighted by Gasteiger charge is 2.35. The second kappa shape index (κ2) is 7.27. The van der Waals surface area contributed by atoms with Crippen LogP contribution < -0.4 is 15.0 Å². The number of rotatable bonds is 4. The molecule has 0 aliphatic carbocycles. The predicted molar refractivity (Wildman–Crippen MR) is 101 cm³/mol. The van der Waals surface area contributed by atoms with Crippen LogP contribution in [0.5, 0.6) is 5.75 Å². The zero-order valence-electron chi connectivity index (χ0n) is 14.1. The van der Waals surface area contributed by atoms with Gasteiger partial charge in [0.25, 0.3) is 0 Å². The van der Waals surface area contributed by atoms with Gasteiger partial charge in [0, 0.05) is 23.1 Å². The molecule has 1 aliphatic rings. The molecule has 2 aromatic carbocycles. The Kier molecular flexibility index (Phi) is 5.08. The first-order valence-electron chi connectivity index (χ1n) is 7.99. The SMILES string of the molecule is COc1ccc(N2C[C@@H](C(=O)Nc3ccc(C)cc3Br)CC2=O)cc1. The lowest BCUT2D eigenvalue weighted by atomic mass is 10.1. The zero-order valence-corrected chi connectivity index (χ0v) is 15.7. The molecule has 25 heavy (non-hydrogen) atoms. The highest BCUT2D eigenvalue weighted by molar-refractivity contribution is 9.10. The summed E-state index contributed by atoms with van der Waals surface area (Å²) in [7, 11) is 1.60. The van der Waals surface area contributed by atoms with E-state index in [1.807, 2.05) is 37.3 Å². The second-order valence-corrected chi connectivity index (χ2v) is 6.93. The number of hydrogen-bond donors (Lipinski definition) is 1. The molecule has 130 valence electrons. The molecule has 1 atom stereocenters. The number of benzene rings is 2. The Balaban J connectivity index is 1.69. The van der Waals surface area contributed by atoms with Crippen LogP contribution in [0.1, 0.15) is 12.0 Å². The summed E-state index contributed by atoms with van der Waals surface area (Å²) < 4.78 is 5.96. The van der Waals surface area contributed by atoms with E-state index in [-0.39, 0.29) is 24.2 Å². The Bertz CT molecular complexity index is 805. The first kappa shape index (κ1) is 17.5. The molecule has 0 spiro atoms. The van der Waals surface area contributed by atoms with Crippen LogP contribution in [0.15, 0.2) is 46.9 Å². The van der Waals surface area contributed by atoms with Crippen molar-refractivity contribution < 1.29 is 14.3 Å². The van der Waals surface area contributed by atoms with Crippen LogP contribution in [0.4, 0.5) is 11.4 Å². The van der Waals surface area contributed by atoms with E-state index >= 15 is 0 Å². The van der Waals surface area contributed by atoms with Gasteiger partial charge in [-0.3, -0.25) is 9.59 Å². The summed E-state index contributed by atoms with van der Waals surface area (Å²) in [5.74, 6) is 0.166. The van der Waals surface area contributed by atoms with Gasteiger partial charge in [-0.15, -0.1) is 0 Å². The minimum absolute atomic E-state index is 0.0479. The summed E-state index contributed by atoms with van der Waals surface area (Å²) in [6.45, 7) is 2.36. The number of methoxy groups -OCH3 is 1. The van der Waals surface area contributed by atoms with Crippen LogP contribution in [-0.4, -0.2) is 25.5 Å². The lowest BCUT2D eigenvalue weighted by Gasteiger charge is -2.17. The first-order valence-corrected chi connectivity index (χ1v) is 8.78. The van der Waals surface area contributed by atoms with E-state index in [4.69, 9.17) is 4.74 Å². The maximum Gasteiger partial charge on any atom is 0.229 e. The van der Waals surface area contributed by atoms with Crippen molar-refractivity contribution in [1.29, 1.82) is 0 Å². The third-order valence-corrected chi connectivity index (χ3v) is 4.92. The van der Waals surface area contributed by atoms with Gasteiger partial charge in [-0.25, -0.2) is 0 Å². The largest absolute Gasteiger partial charge is 0.497 e. The van der Waals surface area contributed by atoms with Crippen LogP contribution in [0.3, 0.4) is 0 Å².